The third-order valence-electron chi connectivity index (χ3n) is 3.67. The first-order valence-corrected chi connectivity index (χ1v) is 7.78. The summed E-state index contributed by atoms with van der Waals surface area (Å²) in [6.07, 6.45) is 0. The van der Waals surface area contributed by atoms with Crippen molar-refractivity contribution in [3.8, 4) is 11.4 Å². The van der Waals surface area contributed by atoms with Crippen LogP contribution in [-0.2, 0) is 0 Å². The van der Waals surface area contributed by atoms with Crippen LogP contribution >= 0.6 is 15.9 Å². The number of furan rings is 1. The first kappa shape index (κ1) is 14.6. The van der Waals surface area contributed by atoms with Gasteiger partial charge in [0.1, 0.15) is 16.9 Å². The van der Waals surface area contributed by atoms with Crippen molar-refractivity contribution >= 4 is 44.0 Å². The predicted molar refractivity (Wildman–Crippen MR) is 92.2 cm³/mol. The van der Waals surface area contributed by atoms with Gasteiger partial charge in [0.2, 0.25) is 5.58 Å². The second kappa shape index (κ2) is 5.31. The van der Waals surface area contributed by atoms with E-state index in [4.69, 9.17) is 9.52 Å². The van der Waals surface area contributed by atoms with E-state index < -0.39 is 11.5 Å². The molecule has 0 spiro atoms. The number of aromatic carboxylic acids is 1. The number of carboxylic acid groups (broad SMARTS) is 1. The van der Waals surface area contributed by atoms with E-state index in [-0.39, 0.29) is 11.1 Å². The summed E-state index contributed by atoms with van der Waals surface area (Å²) in [5.41, 5.74) is 1.35. The molecule has 2 heterocycles. The number of hydrogen-bond donors (Lipinski definition) is 2. The minimum absolute atomic E-state index is 0.120. The minimum Gasteiger partial charge on any atom is -0.478 e. The lowest BCUT2D eigenvalue weighted by molar-refractivity contribution is 0.0697. The highest BCUT2D eigenvalue weighted by Gasteiger charge is 2.15. The number of nitrogens with one attached hydrogen (secondary N) is 1. The van der Waals surface area contributed by atoms with Gasteiger partial charge in [-0.25, -0.2) is 9.78 Å². The number of halogens is 1. The van der Waals surface area contributed by atoms with E-state index in [1.54, 1.807) is 18.2 Å². The van der Waals surface area contributed by atoms with Gasteiger partial charge in [-0.15, -0.1) is 0 Å². The van der Waals surface area contributed by atoms with Crippen molar-refractivity contribution in [3.05, 3.63) is 62.9 Å². The van der Waals surface area contributed by atoms with Crippen LogP contribution < -0.4 is 5.56 Å². The molecular weight excluding hydrogens is 376 g/mol. The summed E-state index contributed by atoms with van der Waals surface area (Å²) in [6, 6.07) is 11.6. The topological polar surface area (TPSA) is 96.2 Å². The Morgan fingerprint density at radius 2 is 2.04 bits per heavy atom. The maximum atomic E-state index is 12.3. The van der Waals surface area contributed by atoms with Crippen molar-refractivity contribution in [2.75, 3.05) is 0 Å². The normalized spacial score (nSPS) is 11.2. The molecule has 0 bridgehead atoms. The molecule has 0 amide bonds. The van der Waals surface area contributed by atoms with Crippen LogP contribution in [0.3, 0.4) is 0 Å². The van der Waals surface area contributed by atoms with Crippen molar-refractivity contribution in [2.45, 2.75) is 0 Å². The molecule has 0 fully saturated rings. The van der Waals surface area contributed by atoms with Crippen molar-refractivity contribution in [3.63, 3.8) is 0 Å². The van der Waals surface area contributed by atoms with E-state index in [9.17, 15) is 9.59 Å². The molecule has 4 rings (SSSR count). The zero-order valence-electron chi connectivity index (χ0n) is 12.0. The van der Waals surface area contributed by atoms with Crippen LogP contribution in [0.25, 0.3) is 33.5 Å². The number of H-pyrrole nitrogens is 1. The first-order valence-electron chi connectivity index (χ1n) is 6.99. The SMILES string of the molecule is O=C(O)c1cccc(-c2nc3c(oc4ccc(Br)cc43)c(=O)[nH]2)c1. The van der Waals surface area contributed by atoms with Gasteiger partial charge in [0.05, 0.1) is 5.56 Å². The fraction of sp³-hybridized carbons (Fsp3) is 0. The Morgan fingerprint density at radius 3 is 2.83 bits per heavy atom. The minimum atomic E-state index is -1.04. The lowest BCUT2D eigenvalue weighted by atomic mass is 10.1. The highest BCUT2D eigenvalue weighted by molar-refractivity contribution is 9.10. The number of benzene rings is 2. The average molecular weight is 385 g/mol. The zero-order chi connectivity index (χ0) is 16.8. The molecule has 118 valence electrons. The monoisotopic (exact) mass is 384 g/mol. The van der Waals surface area contributed by atoms with Crippen LogP contribution in [0.1, 0.15) is 10.4 Å². The van der Waals surface area contributed by atoms with E-state index in [2.05, 4.69) is 25.9 Å². The molecule has 2 N–H and O–H groups in total. The summed E-state index contributed by atoms with van der Waals surface area (Å²) >= 11 is 3.39. The van der Waals surface area contributed by atoms with Gasteiger partial charge in [0.15, 0.2) is 0 Å². The molecule has 0 aliphatic rings. The van der Waals surface area contributed by atoms with Crippen LogP contribution in [0.4, 0.5) is 0 Å². The van der Waals surface area contributed by atoms with Crippen molar-refractivity contribution in [1.82, 2.24) is 9.97 Å². The highest BCUT2D eigenvalue weighted by atomic mass is 79.9. The van der Waals surface area contributed by atoms with Gasteiger partial charge in [-0.2, -0.15) is 0 Å². The first-order chi connectivity index (χ1) is 11.5. The largest absolute Gasteiger partial charge is 0.478 e. The molecule has 4 aromatic rings. The number of aromatic nitrogens is 2. The predicted octanol–water partition coefficient (Wildman–Crippen LogP) is 3.80. The fourth-order valence-corrected chi connectivity index (χ4v) is 2.92. The van der Waals surface area contributed by atoms with E-state index in [0.717, 1.165) is 4.47 Å². The Labute approximate surface area is 142 Å². The van der Waals surface area contributed by atoms with Gasteiger partial charge in [0.25, 0.3) is 5.56 Å². The average Bonchev–Trinajstić information content (AvgIpc) is 2.93. The number of hydrogen-bond acceptors (Lipinski definition) is 4. The van der Waals surface area contributed by atoms with E-state index in [1.165, 1.54) is 12.1 Å². The van der Waals surface area contributed by atoms with Crippen molar-refractivity contribution in [1.29, 1.82) is 0 Å². The molecule has 7 heteroatoms. The van der Waals surface area contributed by atoms with Gasteiger partial charge in [-0.3, -0.25) is 4.79 Å². The van der Waals surface area contributed by atoms with E-state index in [0.29, 0.717) is 27.9 Å². The summed E-state index contributed by atoms with van der Waals surface area (Å²) in [4.78, 5) is 30.6. The van der Waals surface area contributed by atoms with Crippen LogP contribution in [0, 0.1) is 0 Å². The number of fused-ring (bicyclic) bond motifs is 3. The molecule has 0 aliphatic heterocycles. The third kappa shape index (κ3) is 2.30. The molecule has 2 aromatic carbocycles. The van der Waals surface area contributed by atoms with Crippen LogP contribution in [-0.4, -0.2) is 21.0 Å². The number of carboxylic acids is 1. The number of rotatable bonds is 2. The molecule has 0 atom stereocenters. The number of aromatic amines is 1. The summed E-state index contributed by atoms with van der Waals surface area (Å²) in [7, 11) is 0. The van der Waals surface area contributed by atoms with Gasteiger partial charge < -0.3 is 14.5 Å². The Bertz CT molecular complexity index is 1180. The Hall–Kier alpha value is -2.93. The lowest BCUT2D eigenvalue weighted by Gasteiger charge is -2.02. The van der Waals surface area contributed by atoms with Crippen LogP contribution in [0.2, 0.25) is 0 Å². The Morgan fingerprint density at radius 1 is 1.21 bits per heavy atom. The summed E-state index contributed by atoms with van der Waals surface area (Å²) in [6.45, 7) is 0. The van der Waals surface area contributed by atoms with Crippen molar-refractivity contribution < 1.29 is 14.3 Å². The molecule has 0 saturated heterocycles. The molecule has 0 saturated carbocycles. The van der Waals surface area contributed by atoms with E-state index >= 15 is 0 Å². The van der Waals surface area contributed by atoms with E-state index in [1.807, 2.05) is 12.1 Å². The zero-order valence-corrected chi connectivity index (χ0v) is 13.6. The molecule has 0 aliphatic carbocycles. The maximum absolute atomic E-state index is 12.3. The molecule has 0 unspecified atom stereocenters. The highest BCUT2D eigenvalue weighted by Crippen LogP contribution is 2.29. The fourth-order valence-electron chi connectivity index (χ4n) is 2.56. The number of carbonyl (C=O) groups is 1. The molecule has 2 aromatic heterocycles. The van der Waals surface area contributed by atoms with Crippen LogP contribution in [0.15, 0.2) is 56.1 Å². The van der Waals surface area contributed by atoms with Crippen LogP contribution in [0.5, 0.6) is 0 Å². The van der Waals surface area contributed by atoms with Crippen molar-refractivity contribution in [2.24, 2.45) is 0 Å². The summed E-state index contributed by atoms with van der Waals surface area (Å²) in [5.74, 6) is -0.753. The smallest absolute Gasteiger partial charge is 0.335 e. The maximum Gasteiger partial charge on any atom is 0.335 e. The lowest BCUT2D eigenvalue weighted by Crippen LogP contribution is -2.08. The second-order valence-electron chi connectivity index (χ2n) is 5.22. The third-order valence-corrected chi connectivity index (χ3v) is 4.16. The molecule has 24 heavy (non-hydrogen) atoms. The molecular formula is C17H9BrN2O4. The summed E-state index contributed by atoms with van der Waals surface area (Å²) < 4.78 is 6.41. The van der Waals surface area contributed by atoms with Gasteiger partial charge in [-0.1, -0.05) is 28.1 Å². The Balaban J connectivity index is 2.02. The van der Waals surface area contributed by atoms with Gasteiger partial charge >= 0.3 is 5.97 Å². The Kier molecular flexibility index (Phi) is 3.24. The molecule has 6 nitrogen and oxygen atoms in total. The quantitative estimate of drug-likeness (QED) is 0.547. The summed E-state index contributed by atoms with van der Waals surface area (Å²) in [5, 5.41) is 9.82. The van der Waals surface area contributed by atoms with Gasteiger partial charge in [0, 0.05) is 15.4 Å². The molecule has 0 radical (unpaired) electrons. The second-order valence-corrected chi connectivity index (χ2v) is 6.14. The number of nitrogens with zero attached hydrogens (tertiary/aromatic N) is 1. The standard InChI is InChI=1S/C17H9BrN2O4/c18-10-4-5-12-11(7-10)13-14(24-12)16(21)20-15(19-13)8-2-1-3-9(6-8)17(22)23/h1-7H,(H,22,23)(H,19,20,21). The van der Waals surface area contributed by atoms with Gasteiger partial charge in [-0.05, 0) is 30.3 Å².